The molecule has 1 aromatic carbocycles. The number of hydrogen-bond donors (Lipinski definition) is 2. The van der Waals surface area contributed by atoms with Crippen LogP contribution >= 0.6 is 0 Å². The third-order valence-corrected chi connectivity index (χ3v) is 4.69. The maximum Gasteiger partial charge on any atom is 0.139 e. The average molecular weight is 306 g/mol. The number of nitrogens with zero attached hydrogens (tertiary/aromatic N) is 2. The minimum Gasteiger partial charge on any atom is -0.398 e. The molecular weight excluding hydrogens is 284 g/mol. The fourth-order valence-electron chi connectivity index (χ4n) is 3.47. The molecule has 0 saturated heterocycles. The molecule has 4 rings (SSSR count). The summed E-state index contributed by atoms with van der Waals surface area (Å²) in [7, 11) is 0. The van der Waals surface area contributed by atoms with Crippen LogP contribution in [0.4, 0.5) is 11.5 Å². The maximum absolute atomic E-state index is 6.20. The van der Waals surface area contributed by atoms with Gasteiger partial charge in [0, 0.05) is 23.5 Å². The summed E-state index contributed by atoms with van der Waals surface area (Å²) in [5, 5.41) is 3.74. The first-order chi connectivity index (χ1) is 11.3. The lowest BCUT2D eigenvalue weighted by Crippen LogP contribution is -2.23. The molecular formula is C19H22N4. The lowest BCUT2D eigenvalue weighted by Gasteiger charge is -2.24. The lowest BCUT2D eigenvalue weighted by molar-refractivity contribution is 0.462. The van der Waals surface area contributed by atoms with Crippen LogP contribution in [0.3, 0.4) is 0 Å². The molecule has 4 nitrogen and oxygen atoms in total. The van der Waals surface area contributed by atoms with E-state index in [2.05, 4.69) is 15.9 Å². The maximum atomic E-state index is 6.20. The monoisotopic (exact) mass is 306 g/mol. The van der Waals surface area contributed by atoms with E-state index in [-0.39, 0.29) is 0 Å². The standard InChI is InChI=1S/C19H22N4/c20-16-11-5-4-10-15(16)18-19(21-14-8-2-1-3-9-14)23-13-7-6-12-17(23)22-18/h4-7,10-14,21H,1-3,8-9,20H2. The smallest absolute Gasteiger partial charge is 0.139 e. The molecule has 3 aromatic rings. The van der Waals surface area contributed by atoms with Gasteiger partial charge < -0.3 is 11.1 Å². The summed E-state index contributed by atoms with van der Waals surface area (Å²) >= 11 is 0. The Hall–Kier alpha value is -2.49. The highest BCUT2D eigenvalue weighted by molar-refractivity contribution is 5.83. The molecule has 2 heterocycles. The Morgan fingerprint density at radius 2 is 1.78 bits per heavy atom. The van der Waals surface area contributed by atoms with Crippen molar-refractivity contribution in [2.24, 2.45) is 0 Å². The van der Waals surface area contributed by atoms with Crippen LogP contribution in [0.1, 0.15) is 32.1 Å². The second-order valence-electron chi connectivity index (χ2n) is 6.30. The van der Waals surface area contributed by atoms with Crippen molar-refractivity contribution in [3.8, 4) is 11.3 Å². The van der Waals surface area contributed by atoms with Crippen LogP contribution in [0.5, 0.6) is 0 Å². The number of anilines is 2. The summed E-state index contributed by atoms with van der Waals surface area (Å²) in [6, 6.07) is 14.6. The second-order valence-corrected chi connectivity index (χ2v) is 6.30. The Bertz CT molecular complexity index is 815. The zero-order valence-corrected chi connectivity index (χ0v) is 13.2. The van der Waals surface area contributed by atoms with Gasteiger partial charge in [0.25, 0.3) is 0 Å². The van der Waals surface area contributed by atoms with E-state index in [1.54, 1.807) is 0 Å². The van der Waals surface area contributed by atoms with Crippen molar-refractivity contribution in [2.45, 2.75) is 38.1 Å². The highest BCUT2D eigenvalue weighted by Gasteiger charge is 2.20. The first kappa shape index (κ1) is 14.1. The van der Waals surface area contributed by atoms with Gasteiger partial charge >= 0.3 is 0 Å². The molecule has 1 fully saturated rings. The normalized spacial score (nSPS) is 15.8. The number of benzene rings is 1. The summed E-state index contributed by atoms with van der Waals surface area (Å²) in [5.41, 5.74) is 9.85. The summed E-state index contributed by atoms with van der Waals surface area (Å²) in [6.45, 7) is 0. The molecule has 1 saturated carbocycles. The molecule has 23 heavy (non-hydrogen) atoms. The van der Waals surface area contributed by atoms with Crippen LogP contribution in [0, 0.1) is 0 Å². The predicted molar refractivity (Wildman–Crippen MR) is 95.5 cm³/mol. The van der Waals surface area contributed by atoms with Crippen molar-refractivity contribution >= 4 is 17.2 Å². The molecule has 0 aliphatic heterocycles. The molecule has 0 atom stereocenters. The molecule has 1 aliphatic carbocycles. The average Bonchev–Trinajstić information content (AvgIpc) is 2.95. The van der Waals surface area contributed by atoms with Gasteiger partial charge in [0.2, 0.25) is 0 Å². The number of hydrogen-bond acceptors (Lipinski definition) is 3. The van der Waals surface area contributed by atoms with Crippen molar-refractivity contribution in [3.05, 3.63) is 48.7 Å². The van der Waals surface area contributed by atoms with E-state index in [1.165, 1.54) is 32.1 Å². The fraction of sp³-hybridized carbons (Fsp3) is 0.316. The zero-order chi connectivity index (χ0) is 15.6. The van der Waals surface area contributed by atoms with Gasteiger partial charge in [-0.3, -0.25) is 4.40 Å². The highest BCUT2D eigenvalue weighted by atomic mass is 15.1. The highest BCUT2D eigenvalue weighted by Crippen LogP contribution is 2.34. The van der Waals surface area contributed by atoms with E-state index in [4.69, 9.17) is 10.7 Å². The zero-order valence-electron chi connectivity index (χ0n) is 13.2. The van der Waals surface area contributed by atoms with Crippen LogP contribution in [0.15, 0.2) is 48.7 Å². The van der Waals surface area contributed by atoms with Crippen LogP contribution in [0.25, 0.3) is 16.9 Å². The molecule has 0 spiro atoms. The van der Waals surface area contributed by atoms with Crippen molar-refractivity contribution < 1.29 is 0 Å². The lowest BCUT2D eigenvalue weighted by atomic mass is 9.95. The number of fused-ring (bicyclic) bond motifs is 1. The van der Waals surface area contributed by atoms with Crippen LogP contribution in [-0.2, 0) is 0 Å². The summed E-state index contributed by atoms with van der Waals surface area (Å²) in [4.78, 5) is 4.83. The number of nitrogen functional groups attached to an aromatic ring is 1. The molecule has 1 aliphatic rings. The molecule has 2 aromatic heterocycles. The van der Waals surface area contributed by atoms with Gasteiger partial charge in [-0.05, 0) is 31.0 Å². The first-order valence-electron chi connectivity index (χ1n) is 8.41. The molecule has 118 valence electrons. The molecule has 0 amide bonds. The number of rotatable bonds is 3. The van der Waals surface area contributed by atoms with E-state index in [0.29, 0.717) is 6.04 Å². The number of nitrogens with one attached hydrogen (secondary N) is 1. The minimum absolute atomic E-state index is 0.521. The molecule has 0 radical (unpaired) electrons. The SMILES string of the molecule is Nc1ccccc1-c1nc2ccccn2c1NC1CCCCC1. The van der Waals surface area contributed by atoms with E-state index in [1.807, 2.05) is 42.5 Å². The Balaban J connectivity index is 1.83. The Morgan fingerprint density at radius 1 is 1.00 bits per heavy atom. The Labute approximate surface area is 136 Å². The van der Waals surface area contributed by atoms with E-state index >= 15 is 0 Å². The van der Waals surface area contributed by atoms with Crippen LogP contribution in [0.2, 0.25) is 0 Å². The Morgan fingerprint density at radius 3 is 2.61 bits per heavy atom. The van der Waals surface area contributed by atoms with E-state index in [0.717, 1.165) is 28.4 Å². The third-order valence-electron chi connectivity index (χ3n) is 4.69. The molecule has 0 bridgehead atoms. The van der Waals surface area contributed by atoms with Crippen molar-refractivity contribution in [3.63, 3.8) is 0 Å². The molecule has 3 N–H and O–H groups in total. The van der Waals surface area contributed by atoms with Crippen LogP contribution < -0.4 is 11.1 Å². The number of para-hydroxylation sites is 1. The Kier molecular flexibility index (Phi) is 3.66. The predicted octanol–water partition coefficient (Wildman–Crippen LogP) is 4.33. The van der Waals surface area contributed by atoms with Gasteiger partial charge in [-0.25, -0.2) is 4.98 Å². The second kappa shape index (κ2) is 5.95. The van der Waals surface area contributed by atoms with Gasteiger partial charge in [0.15, 0.2) is 0 Å². The molecule has 0 unspecified atom stereocenters. The summed E-state index contributed by atoms with van der Waals surface area (Å²) in [6.07, 6.45) is 8.47. The van der Waals surface area contributed by atoms with Gasteiger partial charge in [-0.15, -0.1) is 0 Å². The van der Waals surface area contributed by atoms with Crippen molar-refractivity contribution in [2.75, 3.05) is 11.1 Å². The van der Waals surface area contributed by atoms with Gasteiger partial charge in [0.05, 0.1) is 0 Å². The van der Waals surface area contributed by atoms with E-state index < -0.39 is 0 Å². The topological polar surface area (TPSA) is 55.3 Å². The number of imidazole rings is 1. The first-order valence-corrected chi connectivity index (χ1v) is 8.41. The van der Waals surface area contributed by atoms with Gasteiger partial charge in [0.1, 0.15) is 17.2 Å². The largest absolute Gasteiger partial charge is 0.398 e. The fourth-order valence-corrected chi connectivity index (χ4v) is 3.47. The third kappa shape index (κ3) is 2.65. The van der Waals surface area contributed by atoms with Crippen molar-refractivity contribution in [1.29, 1.82) is 0 Å². The number of aromatic nitrogens is 2. The number of pyridine rings is 1. The van der Waals surface area contributed by atoms with Crippen molar-refractivity contribution in [1.82, 2.24) is 9.38 Å². The van der Waals surface area contributed by atoms with Crippen LogP contribution in [-0.4, -0.2) is 15.4 Å². The molecule has 4 heteroatoms. The van der Waals surface area contributed by atoms with E-state index in [9.17, 15) is 0 Å². The number of nitrogens with two attached hydrogens (primary N) is 1. The summed E-state index contributed by atoms with van der Waals surface area (Å²) in [5.74, 6) is 1.06. The minimum atomic E-state index is 0.521. The quantitative estimate of drug-likeness (QED) is 0.708. The van der Waals surface area contributed by atoms with Gasteiger partial charge in [-0.1, -0.05) is 43.5 Å². The summed E-state index contributed by atoms with van der Waals surface area (Å²) < 4.78 is 2.14. The van der Waals surface area contributed by atoms with Gasteiger partial charge in [-0.2, -0.15) is 0 Å².